The largest absolute Gasteiger partial charge is 0.0905 e. The summed E-state index contributed by atoms with van der Waals surface area (Å²) in [4.78, 5) is 0. The van der Waals surface area contributed by atoms with Gasteiger partial charge in [0.2, 0.25) is 0 Å². The fourth-order valence-corrected chi connectivity index (χ4v) is 2.52. The minimum atomic E-state index is 1.08. The van der Waals surface area contributed by atoms with E-state index in [9.17, 15) is 0 Å². The molecule has 0 heteroatoms. The van der Waals surface area contributed by atoms with E-state index in [1.54, 1.807) is 0 Å². The van der Waals surface area contributed by atoms with Crippen molar-refractivity contribution in [3.05, 3.63) is 82.9 Å². The fraction of sp³-hybridized carbons (Fsp3) is 0.200. The van der Waals surface area contributed by atoms with Gasteiger partial charge in [-0.1, -0.05) is 66.2 Å². The highest BCUT2D eigenvalue weighted by molar-refractivity contribution is 6.04. The molecule has 0 N–H and O–H groups in total. The van der Waals surface area contributed by atoms with Crippen LogP contribution < -0.4 is 0 Å². The van der Waals surface area contributed by atoms with Gasteiger partial charge in [-0.15, -0.1) is 0 Å². The van der Waals surface area contributed by atoms with E-state index in [0.29, 0.717) is 0 Å². The van der Waals surface area contributed by atoms with Crippen LogP contribution in [0.25, 0.3) is 11.1 Å². The van der Waals surface area contributed by atoms with Crippen LogP contribution in [-0.4, -0.2) is 0 Å². The Labute approximate surface area is 122 Å². The number of allylic oxidation sites excluding steroid dienone is 3. The maximum Gasteiger partial charge on any atom is -0.0151 e. The molecular formula is C20H22. The molecule has 2 aromatic carbocycles. The van der Waals surface area contributed by atoms with Crippen LogP contribution in [-0.2, 0) is 0 Å². The van der Waals surface area contributed by atoms with Gasteiger partial charge in [-0.05, 0) is 55.5 Å². The summed E-state index contributed by atoms with van der Waals surface area (Å²) in [6, 6.07) is 15.1. The molecule has 0 spiro atoms. The van der Waals surface area contributed by atoms with Gasteiger partial charge >= 0.3 is 0 Å². The van der Waals surface area contributed by atoms with Crippen molar-refractivity contribution in [1.82, 2.24) is 0 Å². The number of hydrogen-bond donors (Lipinski definition) is 0. The van der Waals surface area contributed by atoms with E-state index >= 15 is 0 Å². The van der Waals surface area contributed by atoms with Gasteiger partial charge in [0.15, 0.2) is 0 Å². The first-order valence-electron chi connectivity index (χ1n) is 7.03. The topological polar surface area (TPSA) is 0 Å². The van der Waals surface area contributed by atoms with Gasteiger partial charge in [0, 0.05) is 0 Å². The molecule has 0 bridgehead atoms. The summed E-state index contributed by atoms with van der Waals surface area (Å²) in [5.74, 6) is 0. The SMILES string of the molecule is C=C(/C(=C/C)c1ccc(C)cc1C)c1ccc(C)cc1. The first kappa shape index (κ1) is 14.3. The lowest BCUT2D eigenvalue weighted by Gasteiger charge is -2.14. The second-order valence-electron chi connectivity index (χ2n) is 5.37. The Kier molecular flexibility index (Phi) is 4.24. The van der Waals surface area contributed by atoms with Crippen molar-refractivity contribution in [2.75, 3.05) is 0 Å². The zero-order chi connectivity index (χ0) is 14.7. The van der Waals surface area contributed by atoms with Crippen molar-refractivity contribution < 1.29 is 0 Å². The fourth-order valence-electron chi connectivity index (χ4n) is 2.52. The average Bonchev–Trinajstić information content (AvgIpc) is 2.42. The molecule has 0 atom stereocenters. The summed E-state index contributed by atoms with van der Waals surface area (Å²) in [7, 11) is 0. The average molecular weight is 262 g/mol. The number of benzene rings is 2. The van der Waals surface area contributed by atoms with Crippen molar-refractivity contribution in [2.45, 2.75) is 27.7 Å². The van der Waals surface area contributed by atoms with Crippen molar-refractivity contribution in [2.24, 2.45) is 0 Å². The third kappa shape index (κ3) is 2.91. The number of rotatable bonds is 3. The summed E-state index contributed by atoms with van der Waals surface area (Å²) < 4.78 is 0. The highest BCUT2D eigenvalue weighted by Gasteiger charge is 2.10. The van der Waals surface area contributed by atoms with Crippen LogP contribution in [0.15, 0.2) is 55.1 Å². The van der Waals surface area contributed by atoms with Crippen LogP contribution in [0.5, 0.6) is 0 Å². The van der Waals surface area contributed by atoms with E-state index in [2.05, 4.69) is 82.8 Å². The standard InChI is InChI=1S/C20H22/c1-6-19(20-12-9-15(3)13-16(20)4)17(5)18-10-7-14(2)8-11-18/h6-13H,5H2,1-4H3/b19-6-. The van der Waals surface area contributed by atoms with Crippen LogP contribution >= 0.6 is 0 Å². The molecule has 0 aromatic heterocycles. The van der Waals surface area contributed by atoms with Gasteiger partial charge in [0.25, 0.3) is 0 Å². The molecule has 0 unspecified atom stereocenters. The van der Waals surface area contributed by atoms with Gasteiger partial charge in [0.05, 0.1) is 0 Å². The summed E-state index contributed by atoms with van der Waals surface area (Å²) >= 11 is 0. The Morgan fingerprint density at radius 2 is 1.50 bits per heavy atom. The minimum Gasteiger partial charge on any atom is -0.0905 e. The molecule has 0 aliphatic rings. The molecule has 0 heterocycles. The molecule has 2 rings (SSSR count). The molecule has 0 aliphatic heterocycles. The van der Waals surface area contributed by atoms with Gasteiger partial charge < -0.3 is 0 Å². The molecule has 0 aliphatic carbocycles. The molecule has 0 saturated carbocycles. The lowest BCUT2D eigenvalue weighted by molar-refractivity contribution is 1.36. The highest BCUT2D eigenvalue weighted by atomic mass is 14.1. The second-order valence-corrected chi connectivity index (χ2v) is 5.37. The number of hydrogen-bond acceptors (Lipinski definition) is 0. The van der Waals surface area contributed by atoms with E-state index in [-0.39, 0.29) is 0 Å². The first-order valence-corrected chi connectivity index (χ1v) is 7.03. The smallest absolute Gasteiger partial charge is 0.0151 e. The normalized spacial score (nSPS) is 11.5. The first-order chi connectivity index (χ1) is 9.52. The number of aryl methyl sites for hydroxylation is 3. The zero-order valence-corrected chi connectivity index (χ0v) is 12.8. The quantitative estimate of drug-likeness (QED) is 0.620. The Balaban J connectivity index is 2.42. The van der Waals surface area contributed by atoms with Crippen molar-refractivity contribution >= 4 is 11.1 Å². The van der Waals surface area contributed by atoms with E-state index in [4.69, 9.17) is 0 Å². The Hall–Kier alpha value is -2.08. The van der Waals surface area contributed by atoms with Gasteiger partial charge in [-0.25, -0.2) is 0 Å². The molecule has 0 nitrogen and oxygen atoms in total. The third-order valence-corrected chi connectivity index (χ3v) is 3.69. The molecule has 20 heavy (non-hydrogen) atoms. The Morgan fingerprint density at radius 1 is 0.900 bits per heavy atom. The molecular weight excluding hydrogens is 240 g/mol. The lowest BCUT2D eigenvalue weighted by atomic mass is 9.90. The lowest BCUT2D eigenvalue weighted by Crippen LogP contribution is -1.93. The third-order valence-electron chi connectivity index (χ3n) is 3.69. The van der Waals surface area contributed by atoms with E-state index in [1.807, 2.05) is 0 Å². The van der Waals surface area contributed by atoms with Gasteiger partial charge in [-0.3, -0.25) is 0 Å². The predicted molar refractivity (Wildman–Crippen MR) is 89.8 cm³/mol. The minimum absolute atomic E-state index is 1.08. The molecule has 0 saturated heterocycles. The van der Waals surface area contributed by atoms with Crippen LogP contribution in [0.2, 0.25) is 0 Å². The summed E-state index contributed by atoms with van der Waals surface area (Å²) in [6.07, 6.45) is 2.15. The van der Waals surface area contributed by atoms with Crippen LogP contribution in [0.4, 0.5) is 0 Å². The van der Waals surface area contributed by atoms with E-state index < -0.39 is 0 Å². The monoisotopic (exact) mass is 262 g/mol. The maximum atomic E-state index is 4.30. The maximum absolute atomic E-state index is 4.30. The van der Waals surface area contributed by atoms with Crippen LogP contribution in [0, 0.1) is 20.8 Å². The predicted octanol–water partition coefficient (Wildman–Crippen LogP) is 5.73. The van der Waals surface area contributed by atoms with Crippen molar-refractivity contribution in [1.29, 1.82) is 0 Å². The summed E-state index contributed by atoms with van der Waals surface area (Å²) in [5.41, 5.74) is 8.61. The van der Waals surface area contributed by atoms with E-state index in [1.165, 1.54) is 33.4 Å². The summed E-state index contributed by atoms with van der Waals surface area (Å²) in [5, 5.41) is 0. The highest BCUT2D eigenvalue weighted by Crippen LogP contribution is 2.32. The zero-order valence-electron chi connectivity index (χ0n) is 12.8. The van der Waals surface area contributed by atoms with E-state index in [0.717, 1.165) is 5.57 Å². The molecule has 0 fully saturated rings. The second kappa shape index (κ2) is 5.92. The van der Waals surface area contributed by atoms with Crippen LogP contribution in [0.1, 0.15) is 34.7 Å². The van der Waals surface area contributed by atoms with Crippen LogP contribution in [0.3, 0.4) is 0 Å². The van der Waals surface area contributed by atoms with Crippen molar-refractivity contribution in [3.8, 4) is 0 Å². The summed E-state index contributed by atoms with van der Waals surface area (Å²) in [6.45, 7) is 12.8. The molecule has 2 aromatic rings. The molecule has 102 valence electrons. The molecule has 0 radical (unpaired) electrons. The van der Waals surface area contributed by atoms with Crippen molar-refractivity contribution in [3.63, 3.8) is 0 Å². The molecule has 0 amide bonds. The Morgan fingerprint density at radius 3 is 2.05 bits per heavy atom. The van der Waals surface area contributed by atoms with Gasteiger partial charge in [-0.2, -0.15) is 0 Å². The Bertz CT molecular complexity index is 655. The van der Waals surface area contributed by atoms with Gasteiger partial charge in [0.1, 0.15) is 0 Å².